The molecular weight excluding hydrogens is 338 g/mol. The molecule has 0 heterocycles. The zero-order valence-electron chi connectivity index (χ0n) is 11.2. The van der Waals surface area contributed by atoms with Gasteiger partial charge in [-0.1, -0.05) is 13.0 Å². The molecule has 0 amide bonds. The number of halogens is 5. The smallest absolute Gasteiger partial charge is 0.310 e. The Kier molecular flexibility index (Phi) is 6.95. The van der Waals surface area contributed by atoms with Crippen molar-refractivity contribution in [2.45, 2.75) is 44.8 Å². The van der Waals surface area contributed by atoms with Crippen LogP contribution in [0, 0.1) is 5.82 Å². The number of benzene rings is 1. The van der Waals surface area contributed by atoms with Crippen molar-refractivity contribution in [2.24, 2.45) is 0 Å². The van der Waals surface area contributed by atoms with E-state index >= 15 is 0 Å². The first kappa shape index (κ1) is 17.4. The number of nitrogens with one attached hydrogen (secondary N) is 1. The first-order valence-corrected chi connectivity index (χ1v) is 7.38. The maximum absolute atomic E-state index is 13.2. The summed E-state index contributed by atoms with van der Waals surface area (Å²) >= 11 is 3.10. The molecule has 0 aliphatic heterocycles. The molecule has 1 nitrogen and oxygen atoms in total. The van der Waals surface area contributed by atoms with Gasteiger partial charge in [0, 0.05) is 12.5 Å². The fraction of sp³-hybridized carbons (Fsp3) is 0.571. The quantitative estimate of drug-likeness (QED) is 0.649. The second kappa shape index (κ2) is 7.98. The predicted molar refractivity (Wildman–Crippen MR) is 75.0 cm³/mol. The molecule has 0 aliphatic rings. The van der Waals surface area contributed by atoms with E-state index in [9.17, 15) is 17.6 Å². The lowest BCUT2D eigenvalue weighted by Crippen LogP contribution is -2.22. The first-order chi connectivity index (χ1) is 9.33. The number of hydrogen-bond acceptors (Lipinski definition) is 1. The Hall–Kier alpha value is -0.620. The lowest BCUT2D eigenvalue weighted by molar-refractivity contribution is -0.135. The molecule has 1 aromatic carbocycles. The summed E-state index contributed by atoms with van der Waals surface area (Å²) in [5.74, 6) is -0.377. The maximum atomic E-state index is 13.2. The fourth-order valence-electron chi connectivity index (χ4n) is 1.94. The van der Waals surface area contributed by atoms with Gasteiger partial charge >= 0.3 is 6.18 Å². The lowest BCUT2D eigenvalue weighted by atomic mass is 10.0. The Morgan fingerprint density at radius 3 is 2.55 bits per heavy atom. The van der Waals surface area contributed by atoms with E-state index in [-0.39, 0.29) is 18.3 Å². The summed E-state index contributed by atoms with van der Waals surface area (Å²) in [6.45, 7) is 2.70. The highest BCUT2D eigenvalue weighted by molar-refractivity contribution is 9.10. The third-order valence-corrected chi connectivity index (χ3v) is 3.55. The van der Waals surface area contributed by atoms with Gasteiger partial charge < -0.3 is 5.32 Å². The van der Waals surface area contributed by atoms with Gasteiger partial charge in [-0.3, -0.25) is 0 Å². The van der Waals surface area contributed by atoms with Crippen LogP contribution in [-0.2, 0) is 0 Å². The third-order valence-electron chi connectivity index (χ3n) is 2.94. The Morgan fingerprint density at radius 2 is 2.00 bits per heavy atom. The van der Waals surface area contributed by atoms with E-state index in [2.05, 4.69) is 21.2 Å². The van der Waals surface area contributed by atoms with Crippen molar-refractivity contribution >= 4 is 15.9 Å². The fourth-order valence-corrected chi connectivity index (χ4v) is 2.34. The summed E-state index contributed by atoms with van der Waals surface area (Å²) in [5, 5.41) is 3.21. The van der Waals surface area contributed by atoms with Crippen LogP contribution in [-0.4, -0.2) is 12.7 Å². The van der Waals surface area contributed by atoms with Gasteiger partial charge in [-0.05, 0) is 59.4 Å². The number of alkyl halides is 3. The molecule has 1 rings (SSSR count). The molecule has 1 atom stereocenters. The highest BCUT2D eigenvalue weighted by Gasteiger charge is 2.27. The minimum atomic E-state index is -4.13. The highest BCUT2D eigenvalue weighted by atomic mass is 79.9. The van der Waals surface area contributed by atoms with Crippen molar-refractivity contribution in [3.63, 3.8) is 0 Å². The molecule has 6 heteroatoms. The molecular formula is C14H18BrF4N. The predicted octanol–water partition coefficient (Wildman–Crippen LogP) is 5.36. The lowest BCUT2D eigenvalue weighted by Gasteiger charge is -2.20. The maximum Gasteiger partial charge on any atom is 0.389 e. The highest BCUT2D eigenvalue weighted by Crippen LogP contribution is 2.28. The SMILES string of the molecule is CCCNC(CCCC(F)(F)F)c1ccc(F)c(Br)c1. The molecule has 1 aromatic rings. The monoisotopic (exact) mass is 355 g/mol. The summed E-state index contributed by atoms with van der Waals surface area (Å²) in [7, 11) is 0. The molecule has 0 saturated carbocycles. The minimum absolute atomic E-state index is 0.0554. The molecule has 1 unspecified atom stereocenters. The van der Waals surface area contributed by atoms with Crippen LogP contribution in [0.2, 0.25) is 0 Å². The second-order valence-electron chi connectivity index (χ2n) is 4.69. The van der Waals surface area contributed by atoms with Crippen molar-refractivity contribution in [3.8, 4) is 0 Å². The molecule has 0 aliphatic carbocycles. The van der Waals surface area contributed by atoms with Crippen LogP contribution in [0.15, 0.2) is 22.7 Å². The van der Waals surface area contributed by atoms with Gasteiger partial charge in [0.15, 0.2) is 0 Å². The summed E-state index contributed by atoms with van der Waals surface area (Å²) < 4.78 is 50.1. The van der Waals surface area contributed by atoms with Crippen molar-refractivity contribution in [3.05, 3.63) is 34.1 Å². The van der Waals surface area contributed by atoms with Gasteiger partial charge in [0.1, 0.15) is 5.82 Å². The molecule has 0 bridgehead atoms. The van der Waals surface area contributed by atoms with Gasteiger partial charge in [0.2, 0.25) is 0 Å². The Bertz CT molecular complexity index is 420. The molecule has 0 spiro atoms. The van der Waals surface area contributed by atoms with E-state index in [0.717, 1.165) is 12.0 Å². The number of hydrogen-bond donors (Lipinski definition) is 1. The molecule has 114 valence electrons. The largest absolute Gasteiger partial charge is 0.389 e. The van der Waals surface area contributed by atoms with Crippen LogP contribution in [0.25, 0.3) is 0 Å². The molecule has 0 aromatic heterocycles. The Morgan fingerprint density at radius 1 is 1.30 bits per heavy atom. The zero-order valence-corrected chi connectivity index (χ0v) is 12.8. The van der Waals surface area contributed by atoms with E-state index in [1.54, 1.807) is 12.1 Å². The van der Waals surface area contributed by atoms with E-state index in [1.807, 2.05) is 6.92 Å². The molecule has 0 radical (unpaired) electrons. The van der Waals surface area contributed by atoms with E-state index < -0.39 is 12.6 Å². The third kappa shape index (κ3) is 6.22. The molecule has 0 fully saturated rings. The van der Waals surface area contributed by atoms with Crippen molar-refractivity contribution < 1.29 is 17.6 Å². The molecule has 1 N–H and O–H groups in total. The standard InChI is InChI=1S/C14H18BrF4N/c1-2-8-20-13(4-3-7-14(17,18)19)10-5-6-12(16)11(15)9-10/h5-6,9,13,20H,2-4,7-8H2,1H3. The summed E-state index contributed by atoms with van der Waals surface area (Å²) in [6, 6.07) is 4.37. The molecule has 20 heavy (non-hydrogen) atoms. The summed E-state index contributed by atoms with van der Waals surface area (Å²) in [4.78, 5) is 0. The average molecular weight is 356 g/mol. The van der Waals surface area contributed by atoms with Crippen LogP contribution in [0.4, 0.5) is 17.6 Å². The van der Waals surface area contributed by atoms with Crippen LogP contribution in [0.1, 0.15) is 44.2 Å². The van der Waals surface area contributed by atoms with Crippen molar-refractivity contribution in [1.29, 1.82) is 0 Å². The summed E-state index contributed by atoms with van der Waals surface area (Å²) in [5.41, 5.74) is 0.800. The van der Waals surface area contributed by atoms with Crippen molar-refractivity contribution in [1.82, 2.24) is 5.32 Å². The molecule has 0 saturated heterocycles. The van der Waals surface area contributed by atoms with Gasteiger partial charge in [0.05, 0.1) is 4.47 Å². The van der Waals surface area contributed by atoms with Gasteiger partial charge in [-0.15, -0.1) is 0 Å². The topological polar surface area (TPSA) is 12.0 Å². The van der Waals surface area contributed by atoms with Gasteiger partial charge in [0.25, 0.3) is 0 Å². The second-order valence-corrected chi connectivity index (χ2v) is 5.54. The van der Waals surface area contributed by atoms with Crippen LogP contribution in [0.3, 0.4) is 0 Å². The minimum Gasteiger partial charge on any atom is -0.310 e. The van der Waals surface area contributed by atoms with Crippen LogP contribution >= 0.6 is 15.9 Å². The van der Waals surface area contributed by atoms with E-state index in [4.69, 9.17) is 0 Å². The van der Waals surface area contributed by atoms with E-state index in [1.165, 1.54) is 6.07 Å². The van der Waals surface area contributed by atoms with Gasteiger partial charge in [-0.2, -0.15) is 13.2 Å². The van der Waals surface area contributed by atoms with Crippen molar-refractivity contribution in [2.75, 3.05) is 6.54 Å². The Labute approximate surface area is 124 Å². The Balaban J connectivity index is 2.69. The van der Waals surface area contributed by atoms with Gasteiger partial charge in [-0.25, -0.2) is 4.39 Å². The average Bonchev–Trinajstić information content (AvgIpc) is 2.35. The van der Waals surface area contributed by atoms with Crippen LogP contribution < -0.4 is 5.32 Å². The van der Waals surface area contributed by atoms with E-state index in [0.29, 0.717) is 17.4 Å². The normalized spacial score (nSPS) is 13.5. The number of rotatable bonds is 7. The summed E-state index contributed by atoms with van der Waals surface area (Å²) in [6.07, 6.45) is -3.60. The zero-order chi connectivity index (χ0) is 15.2. The first-order valence-electron chi connectivity index (χ1n) is 6.58. The van der Waals surface area contributed by atoms with Crippen LogP contribution in [0.5, 0.6) is 0 Å².